The first kappa shape index (κ1) is 15.8. The second-order valence-corrected chi connectivity index (χ2v) is 5.41. The van der Waals surface area contributed by atoms with Crippen LogP contribution in [0.15, 0.2) is 53.3 Å². The average Bonchev–Trinajstić information content (AvgIpc) is 3.08. The largest absolute Gasteiger partial charge is 0.489 e. The number of hydrogen-bond donors (Lipinski definition) is 1. The first-order chi connectivity index (χ1) is 11.2. The molecule has 1 unspecified atom stereocenters. The van der Waals surface area contributed by atoms with Gasteiger partial charge in [0.05, 0.1) is 17.9 Å². The lowest BCUT2D eigenvalue weighted by Gasteiger charge is -2.14. The van der Waals surface area contributed by atoms with Gasteiger partial charge in [0.2, 0.25) is 0 Å². The number of ether oxygens (including phenoxy) is 2. The molecule has 1 N–H and O–H groups in total. The van der Waals surface area contributed by atoms with Crippen molar-refractivity contribution in [3.8, 4) is 5.75 Å². The van der Waals surface area contributed by atoms with Gasteiger partial charge in [-0.1, -0.05) is 11.6 Å². The van der Waals surface area contributed by atoms with Gasteiger partial charge in [-0.3, -0.25) is 4.98 Å². The molecule has 120 valence electrons. The summed E-state index contributed by atoms with van der Waals surface area (Å²) >= 11 is 6.14. The summed E-state index contributed by atoms with van der Waals surface area (Å²) in [7, 11) is 0. The van der Waals surface area contributed by atoms with Crippen LogP contribution in [-0.4, -0.2) is 29.4 Å². The number of halogens is 1. The molecule has 0 spiro atoms. The molecule has 1 atom stereocenters. The van der Waals surface area contributed by atoms with Crippen LogP contribution in [0, 0.1) is 0 Å². The Morgan fingerprint density at radius 1 is 1.17 bits per heavy atom. The van der Waals surface area contributed by atoms with Crippen LogP contribution in [-0.2, 0) is 11.3 Å². The predicted molar refractivity (Wildman–Crippen MR) is 86.6 cm³/mol. The van der Waals surface area contributed by atoms with Crippen LogP contribution < -0.4 is 4.74 Å². The molecule has 1 aromatic carbocycles. The van der Waals surface area contributed by atoms with Crippen molar-refractivity contribution in [3.63, 3.8) is 0 Å². The van der Waals surface area contributed by atoms with Crippen molar-refractivity contribution in [1.82, 2.24) is 4.98 Å². The zero-order valence-corrected chi connectivity index (χ0v) is 13.1. The number of pyridine rings is 1. The summed E-state index contributed by atoms with van der Waals surface area (Å²) in [6.45, 7) is 0.570. The van der Waals surface area contributed by atoms with E-state index < -0.39 is 6.10 Å². The Morgan fingerprint density at radius 3 is 2.91 bits per heavy atom. The van der Waals surface area contributed by atoms with Gasteiger partial charge < -0.3 is 19.0 Å². The van der Waals surface area contributed by atoms with E-state index in [4.69, 9.17) is 25.5 Å². The molecule has 0 amide bonds. The summed E-state index contributed by atoms with van der Waals surface area (Å²) in [6, 6.07) is 10.8. The third-order valence-electron chi connectivity index (χ3n) is 3.25. The number of aliphatic hydroxyl groups excluding tert-OH is 1. The average molecular weight is 334 g/mol. The molecule has 0 bridgehead atoms. The molecule has 0 saturated heterocycles. The molecule has 0 aliphatic carbocycles. The maximum absolute atomic E-state index is 9.94. The Morgan fingerprint density at radius 2 is 2.09 bits per heavy atom. The Hall–Kier alpha value is -2.08. The number of aromatic nitrogens is 1. The molecule has 6 heteroatoms. The lowest BCUT2D eigenvalue weighted by Crippen LogP contribution is -2.23. The van der Waals surface area contributed by atoms with Crippen molar-refractivity contribution in [3.05, 3.63) is 59.6 Å². The Bertz CT molecular complexity index is 760. The van der Waals surface area contributed by atoms with Crippen LogP contribution in [0.4, 0.5) is 0 Å². The lowest BCUT2D eigenvalue weighted by molar-refractivity contribution is 0.00110. The SMILES string of the molecule is OC(COCc1ccco1)COc1ccc(Cl)c2cccnc12. The van der Waals surface area contributed by atoms with Crippen molar-refractivity contribution in [2.75, 3.05) is 13.2 Å². The third kappa shape index (κ3) is 4.01. The van der Waals surface area contributed by atoms with Crippen LogP contribution in [0.5, 0.6) is 5.75 Å². The molecular formula is C17H16ClNO4. The summed E-state index contributed by atoms with van der Waals surface area (Å²) in [5.74, 6) is 1.29. The highest BCUT2D eigenvalue weighted by molar-refractivity contribution is 6.35. The fourth-order valence-corrected chi connectivity index (χ4v) is 2.37. The molecule has 5 nitrogen and oxygen atoms in total. The molecule has 2 aromatic heterocycles. The van der Waals surface area contributed by atoms with E-state index in [9.17, 15) is 5.11 Å². The van der Waals surface area contributed by atoms with Gasteiger partial charge in [-0.15, -0.1) is 0 Å². The van der Waals surface area contributed by atoms with E-state index in [0.717, 1.165) is 5.39 Å². The Kier molecular flexibility index (Phi) is 5.12. The number of benzene rings is 1. The van der Waals surface area contributed by atoms with E-state index in [1.165, 1.54) is 0 Å². The fraction of sp³-hybridized carbons (Fsp3) is 0.235. The van der Waals surface area contributed by atoms with Gasteiger partial charge in [-0.05, 0) is 36.4 Å². The summed E-state index contributed by atoms with van der Waals surface area (Å²) in [6.07, 6.45) is 2.50. The molecule has 2 heterocycles. The second kappa shape index (κ2) is 7.46. The molecule has 23 heavy (non-hydrogen) atoms. The number of nitrogens with zero attached hydrogens (tertiary/aromatic N) is 1. The lowest BCUT2D eigenvalue weighted by atomic mass is 10.2. The molecule has 3 aromatic rings. The van der Waals surface area contributed by atoms with Gasteiger partial charge in [-0.2, -0.15) is 0 Å². The van der Waals surface area contributed by atoms with Crippen molar-refractivity contribution in [2.45, 2.75) is 12.7 Å². The van der Waals surface area contributed by atoms with E-state index in [2.05, 4.69) is 4.98 Å². The quantitative estimate of drug-likeness (QED) is 0.717. The monoisotopic (exact) mass is 333 g/mol. The van der Waals surface area contributed by atoms with Crippen molar-refractivity contribution in [2.24, 2.45) is 0 Å². The van der Waals surface area contributed by atoms with Crippen LogP contribution in [0.3, 0.4) is 0 Å². The number of aliphatic hydroxyl groups is 1. The highest BCUT2D eigenvalue weighted by Gasteiger charge is 2.10. The number of hydrogen-bond acceptors (Lipinski definition) is 5. The zero-order chi connectivity index (χ0) is 16.1. The third-order valence-corrected chi connectivity index (χ3v) is 3.57. The van der Waals surface area contributed by atoms with E-state index in [0.29, 0.717) is 28.7 Å². The number of furan rings is 1. The molecule has 0 fully saturated rings. The number of rotatable bonds is 7. The van der Waals surface area contributed by atoms with Gasteiger partial charge in [0.25, 0.3) is 0 Å². The molecule has 0 saturated carbocycles. The predicted octanol–water partition coefficient (Wildman–Crippen LogP) is 3.44. The molecule has 0 aliphatic rings. The van der Waals surface area contributed by atoms with Crippen LogP contribution in [0.2, 0.25) is 5.02 Å². The standard InChI is InChI=1S/C17H16ClNO4/c18-15-5-6-16(17-14(15)4-1-7-19-17)23-10-12(20)9-21-11-13-3-2-8-22-13/h1-8,12,20H,9-11H2. The maximum atomic E-state index is 9.94. The highest BCUT2D eigenvalue weighted by atomic mass is 35.5. The van der Waals surface area contributed by atoms with Gasteiger partial charge in [0.1, 0.15) is 36.3 Å². The van der Waals surface area contributed by atoms with Crippen LogP contribution in [0.25, 0.3) is 10.9 Å². The topological polar surface area (TPSA) is 64.7 Å². The van der Waals surface area contributed by atoms with Crippen molar-refractivity contribution < 1.29 is 19.0 Å². The minimum Gasteiger partial charge on any atom is -0.489 e. The smallest absolute Gasteiger partial charge is 0.145 e. The van der Waals surface area contributed by atoms with E-state index >= 15 is 0 Å². The second-order valence-electron chi connectivity index (χ2n) is 5.00. The fourth-order valence-electron chi connectivity index (χ4n) is 2.15. The molecule has 0 aliphatic heterocycles. The van der Waals surface area contributed by atoms with Gasteiger partial charge in [-0.25, -0.2) is 0 Å². The summed E-state index contributed by atoms with van der Waals surface area (Å²) in [5, 5.41) is 11.4. The van der Waals surface area contributed by atoms with Gasteiger partial charge in [0.15, 0.2) is 0 Å². The first-order valence-electron chi connectivity index (χ1n) is 7.18. The van der Waals surface area contributed by atoms with Crippen LogP contribution in [0.1, 0.15) is 5.76 Å². The van der Waals surface area contributed by atoms with Gasteiger partial charge >= 0.3 is 0 Å². The Labute approximate surface area is 138 Å². The summed E-state index contributed by atoms with van der Waals surface area (Å²) < 4.78 is 16.2. The van der Waals surface area contributed by atoms with E-state index in [1.807, 2.05) is 18.2 Å². The highest BCUT2D eigenvalue weighted by Crippen LogP contribution is 2.29. The molecule has 3 rings (SSSR count). The van der Waals surface area contributed by atoms with Crippen molar-refractivity contribution in [1.29, 1.82) is 0 Å². The van der Waals surface area contributed by atoms with E-state index in [1.54, 1.807) is 30.7 Å². The maximum Gasteiger partial charge on any atom is 0.145 e. The first-order valence-corrected chi connectivity index (χ1v) is 7.56. The number of fused-ring (bicyclic) bond motifs is 1. The minimum atomic E-state index is -0.751. The normalized spacial score (nSPS) is 12.4. The van der Waals surface area contributed by atoms with Crippen LogP contribution >= 0.6 is 11.6 Å². The van der Waals surface area contributed by atoms with Crippen molar-refractivity contribution >= 4 is 22.5 Å². The summed E-state index contributed by atoms with van der Waals surface area (Å²) in [5.41, 5.74) is 0.670. The Balaban J connectivity index is 1.54. The molecule has 0 radical (unpaired) electrons. The van der Waals surface area contributed by atoms with E-state index in [-0.39, 0.29) is 13.2 Å². The zero-order valence-electron chi connectivity index (χ0n) is 12.3. The molecular weight excluding hydrogens is 318 g/mol. The van der Waals surface area contributed by atoms with Gasteiger partial charge in [0, 0.05) is 11.6 Å². The minimum absolute atomic E-state index is 0.103. The summed E-state index contributed by atoms with van der Waals surface area (Å²) in [4.78, 5) is 4.28.